The Morgan fingerprint density at radius 1 is 1.21 bits per heavy atom. The number of fused-ring (bicyclic) bond motifs is 1. The zero-order valence-corrected chi connectivity index (χ0v) is 16.5. The molecule has 2 aliphatic heterocycles. The number of carbonyl (C=O) groups is 2. The lowest BCUT2D eigenvalue weighted by atomic mass is 9.87. The molecule has 4 N–H and O–H groups in total. The van der Waals surface area contributed by atoms with Crippen molar-refractivity contribution in [2.24, 2.45) is 0 Å². The molecule has 0 bridgehead atoms. The number of rotatable bonds is 5. The van der Waals surface area contributed by atoms with E-state index in [1.54, 1.807) is 11.1 Å². The number of aliphatic carboxylic acids is 2. The molecule has 2 aliphatic rings. The van der Waals surface area contributed by atoms with E-state index in [-0.39, 0.29) is 11.9 Å². The molecule has 0 spiro atoms. The average molecular weight is 407 g/mol. The summed E-state index contributed by atoms with van der Waals surface area (Å²) in [7, 11) is 0. The largest absolute Gasteiger partial charge is 0.477 e. The number of piperidine rings is 1. The molecule has 1 fully saturated rings. The van der Waals surface area contributed by atoms with E-state index in [9.17, 15) is 19.1 Å². The van der Waals surface area contributed by atoms with Gasteiger partial charge in [-0.25, -0.2) is 14.0 Å². The topological polar surface area (TPSA) is 113 Å². The molecule has 0 unspecified atom stereocenters. The van der Waals surface area contributed by atoms with Crippen molar-refractivity contribution in [3.05, 3.63) is 35.3 Å². The predicted octanol–water partition coefficient (Wildman–Crippen LogP) is 1.88. The standard InChI is InChI=1S/C20H26FN3O5/c1-20(2)8-5-13-16(24(20)22-11-14(18(26)27)19(28)29)4-3-15(21)17(13)23-9-6-12(25)7-10-23/h3-4,11-12,22,25H,5-10H2,1-2H3,(H,26,27)(H,28,29). The van der Waals surface area contributed by atoms with Gasteiger partial charge < -0.3 is 25.6 Å². The van der Waals surface area contributed by atoms with Crippen LogP contribution < -0.4 is 15.3 Å². The van der Waals surface area contributed by atoms with E-state index in [0.717, 1.165) is 11.8 Å². The van der Waals surface area contributed by atoms with Crippen LogP contribution in [-0.4, -0.2) is 52.0 Å². The third-order valence-electron chi connectivity index (χ3n) is 5.62. The van der Waals surface area contributed by atoms with E-state index in [1.165, 1.54) is 6.07 Å². The van der Waals surface area contributed by atoms with Gasteiger partial charge in [0.15, 0.2) is 5.57 Å². The first-order valence-electron chi connectivity index (χ1n) is 9.59. The molecule has 1 saturated heterocycles. The number of carboxylic acids is 2. The molecule has 3 rings (SSSR count). The highest BCUT2D eigenvalue weighted by molar-refractivity contribution is 6.12. The van der Waals surface area contributed by atoms with Gasteiger partial charge in [-0.3, -0.25) is 5.01 Å². The average Bonchev–Trinajstić information content (AvgIpc) is 2.64. The molecule has 0 atom stereocenters. The fourth-order valence-corrected chi connectivity index (χ4v) is 3.94. The van der Waals surface area contributed by atoms with E-state index in [4.69, 9.17) is 10.2 Å². The van der Waals surface area contributed by atoms with Crippen LogP contribution in [-0.2, 0) is 16.0 Å². The summed E-state index contributed by atoms with van der Waals surface area (Å²) in [6.45, 7) is 4.98. The van der Waals surface area contributed by atoms with Crippen molar-refractivity contribution in [3.8, 4) is 0 Å². The van der Waals surface area contributed by atoms with E-state index >= 15 is 0 Å². The van der Waals surface area contributed by atoms with Crippen molar-refractivity contribution in [3.63, 3.8) is 0 Å². The Morgan fingerprint density at radius 2 is 1.83 bits per heavy atom. The Balaban J connectivity index is 2.00. The van der Waals surface area contributed by atoms with E-state index in [0.29, 0.717) is 50.1 Å². The SMILES string of the molecule is CC1(C)CCc2c(ccc(F)c2N2CCC(O)CC2)N1NC=C(C(=O)O)C(=O)O. The highest BCUT2D eigenvalue weighted by Gasteiger charge is 2.36. The second-order valence-corrected chi connectivity index (χ2v) is 8.06. The summed E-state index contributed by atoms with van der Waals surface area (Å²) in [6.07, 6.45) is 2.99. The second kappa shape index (κ2) is 7.90. The minimum Gasteiger partial charge on any atom is -0.477 e. The minimum atomic E-state index is -1.55. The summed E-state index contributed by atoms with van der Waals surface area (Å²) >= 11 is 0. The van der Waals surface area contributed by atoms with Crippen molar-refractivity contribution in [1.29, 1.82) is 0 Å². The van der Waals surface area contributed by atoms with Gasteiger partial charge in [-0.15, -0.1) is 0 Å². The van der Waals surface area contributed by atoms with Crippen LogP contribution in [0.4, 0.5) is 15.8 Å². The molecule has 0 radical (unpaired) electrons. The number of hydrogen-bond acceptors (Lipinski definition) is 6. The maximum atomic E-state index is 14.8. The number of aliphatic hydroxyl groups is 1. The molecule has 1 aromatic carbocycles. The third kappa shape index (κ3) is 4.14. The lowest BCUT2D eigenvalue weighted by molar-refractivity contribution is -0.140. The lowest BCUT2D eigenvalue weighted by Crippen LogP contribution is -2.54. The van der Waals surface area contributed by atoms with Gasteiger partial charge in [0.05, 0.1) is 23.0 Å². The maximum absolute atomic E-state index is 14.8. The van der Waals surface area contributed by atoms with Gasteiger partial charge in [0.25, 0.3) is 0 Å². The smallest absolute Gasteiger partial charge is 0.344 e. The number of nitrogens with one attached hydrogen (secondary N) is 1. The van der Waals surface area contributed by atoms with Crippen molar-refractivity contribution in [2.45, 2.75) is 51.2 Å². The summed E-state index contributed by atoms with van der Waals surface area (Å²) in [5.41, 5.74) is 3.52. The van der Waals surface area contributed by atoms with E-state index in [1.807, 2.05) is 18.7 Å². The monoisotopic (exact) mass is 407 g/mol. The van der Waals surface area contributed by atoms with Crippen molar-refractivity contribution in [1.82, 2.24) is 5.43 Å². The van der Waals surface area contributed by atoms with Gasteiger partial charge in [0.1, 0.15) is 5.82 Å². The summed E-state index contributed by atoms with van der Waals surface area (Å²) in [5, 5.41) is 29.6. The Morgan fingerprint density at radius 3 is 2.41 bits per heavy atom. The number of halogens is 1. The molecular weight excluding hydrogens is 381 g/mol. The molecule has 0 amide bonds. The molecule has 0 saturated carbocycles. The molecule has 0 aliphatic carbocycles. The zero-order chi connectivity index (χ0) is 21.3. The van der Waals surface area contributed by atoms with Gasteiger partial charge in [-0.1, -0.05) is 0 Å². The summed E-state index contributed by atoms with van der Waals surface area (Å²) in [6, 6.07) is 2.99. The summed E-state index contributed by atoms with van der Waals surface area (Å²) < 4.78 is 14.8. The van der Waals surface area contributed by atoms with Crippen LogP contribution in [0.3, 0.4) is 0 Å². The van der Waals surface area contributed by atoms with Gasteiger partial charge in [-0.05, 0) is 51.7 Å². The van der Waals surface area contributed by atoms with Crippen molar-refractivity contribution in [2.75, 3.05) is 23.0 Å². The molecule has 158 valence electrons. The van der Waals surface area contributed by atoms with Crippen LogP contribution in [0.25, 0.3) is 0 Å². The Kier molecular flexibility index (Phi) is 5.70. The van der Waals surface area contributed by atoms with E-state index < -0.39 is 23.1 Å². The van der Waals surface area contributed by atoms with Crippen molar-refractivity contribution < 1.29 is 29.3 Å². The number of carboxylic acid groups (broad SMARTS) is 2. The normalized spacial score (nSPS) is 18.8. The zero-order valence-electron chi connectivity index (χ0n) is 16.5. The van der Waals surface area contributed by atoms with Crippen LogP contribution in [0.2, 0.25) is 0 Å². The van der Waals surface area contributed by atoms with Gasteiger partial charge in [-0.2, -0.15) is 0 Å². The van der Waals surface area contributed by atoms with E-state index in [2.05, 4.69) is 5.43 Å². The van der Waals surface area contributed by atoms with Crippen LogP contribution in [0, 0.1) is 5.82 Å². The van der Waals surface area contributed by atoms with Crippen LogP contribution >= 0.6 is 0 Å². The number of hydrogen-bond donors (Lipinski definition) is 4. The number of anilines is 2. The molecule has 1 aromatic rings. The molecular formula is C20H26FN3O5. The molecule has 0 aromatic heterocycles. The van der Waals surface area contributed by atoms with Gasteiger partial charge in [0.2, 0.25) is 0 Å². The Hall–Kier alpha value is -2.81. The number of benzene rings is 1. The maximum Gasteiger partial charge on any atom is 0.344 e. The predicted molar refractivity (Wildman–Crippen MR) is 105 cm³/mol. The first kappa shape index (κ1) is 20.9. The Labute approximate surface area is 168 Å². The second-order valence-electron chi connectivity index (χ2n) is 8.06. The summed E-state index contributed by atoms with van der Waals surface area (Å²) in [4.78, 5) is 24.3. The lowest BCUT2D eigenvalue weighted by Gasteiger charge is -2.46. The molecule has 2 heterocycles. The van der Waals surface area contributed by atoms with Crippen LogP contribution in [0.1, 0.15) is 38.7 Å². The van der Waals surface area contributed by atoms with Crippen molar-refractivity contribution >= 4 is 23.3 Å². The molecule has 9 heteroatoms. The summed E-state index contributed by atoms with van der Waals surface area (Å²) in [5.74, 6) is -3.44. The highest BCUT2D eigenvalue weighted by atomic mass is 19.1. The third-order valence-corrected chi connectivity index (χ3v) is 5.62. The number of nitrogens with zero attached hydrogens (tertiary/aromatic N) is 2. The number of hydrazine groups is 1. The Bertz CT molecular complexity index is 831. The first-order chi connectivity index (χ1) is 13.6. The first-order valence-corrected chi connectivity index (χ1v) is 9.59. The number of aliphatic hydroxyl groups excluding tert-OH is 1. The fourth-order valence-electron chi connectivity index (χ4n) is 3.94. The quantitative estimate of drug-likeness (QED) is 0.332. The van der Waals surface area contributed by atoms with Crippen LogP contribution in [0.15, 0.2) is 23.9 Å². The van der Waals surface area contributed by atoms with Crippen LogP contribution in [0.5, 0.6) is 0 Å². The molecule has 8 nitrogen and oxygen atoms in total. The highest BCUT2D eigenvalue weighted by Crippen LogP contribution is 2.42. The minimum absolute atomic E-state index is 0.341. The van der Waals surface area contributed by atoms with Gasteiger partial charge in [0, 0.05) is 24.9 Å². The van der Waals surface area contributed by atoms with Gasteiger partial charge >= 0.3 is 11.9 Å². The molecule has 29 heavy (non-hydrogen) atoms. The fraction of sp³-hybridized carbons (Fsp3) is 0.500.